The van der Waals surface area contributed by atoms with Crippen molar-refractivity contribution in [1.29, 1.82) is 0 Å². The summed E-state index contributed by atoms with van der Waals surface area (Å²) >= 11 is 5.72. The molecule has 24 heavy (non-hydrogen) atoms. The summed E-state index contributed by atoms with van der Waals surface area (Å²) in [6.07, 6.45) is 0. The van der Waals surface area contributed by atoms with E-state index in [4.69, 9.17) is 22.2 Å². The van der Waals surface area contributed by atoms with Crippen LogP contribution in [0, 0.1) is 11.2 Å². The molecule has 0 aliphatic carbocycles. The van der Waals surface area contributed by atoms with Crippen LogP contribution in [-0.4, -0.2) is 22.1 Å². The number of carbonyl (C=O) groups excluding carboxylic acids is 1. The lowest BCUT2D eigenvalue weighted by Crippen LogP contribution is -2.34. The molecule has 10 heteroatoms. The summed E-state index contributed by atoms with van der Waals surface area (Å²) in [5.41, 5.74) is 7.56. The van der Waals surface area contributed by atoms with E-state index in [1.54, 1.807) is 20.8 Å². The number of nitrogens with two attached hydrogens (primary N) is 1. The van der Waals surface area contributed by atoms with E-state index < -0.39 is 17.2 Å². The number of hydroxylamine groups is 1. The first kappa shape index (κ1) is 17.7. The predicted molar refractivity (Wildman–Crippen MR) is 85.0 cm³/mol. The molecule has 0 spiro atoms. The Morgan fingerprint density at radius 3 is 2.67 bits per heavy atom. The average Bonchev–Trinajstić information content (AvgIpc) is 2.92. The van der Waals surface area contributed by atoms with Gasteiger partial charge in [-0.05, 0) is 49.3 Å². The number of carbonyl (C=O) groups is 1. The highest BCUT2D eigenvalue weighted by atomic mass is 35.5. The Morgan fingerprint density at radius 1 is 1.42 bits per heavy atom. The zero-order valence-electron chi connectivity index (χ0n) is 13.1. The van der Waals surface area contributed by atoms with Crippen LogP contribution in [0.15, 0.2) is 27.8 Å². The van der Waals surface area contributed by atoms with Crippen LogP contribution in [0.1, 0.15) is 26.5 Å². The van der Waals surface area contributed by atoms with Gasteiger partial charge in [0.1, 0.15) is 5.82 Å². The number of aliphatic imine (C=N–C) groups is 1. The minimum absolute atomic E-state index is 0.0251. The lowest BCUT2D eigenvalue weighted by atomic mass is 9.98. The number of nitrogen functional groups attached to an aromatic ring is 1. The second-order valence-corrected chi connectivity index (χ2v) is 6.21. The van der Waals surface area contributed by atoms with E-state index in [-0.39, 0.29) is 28.1 Å². The fourth-order valence-electron chi connectivity index (χ4n) is 1.42. The molecule has 0 radical (unpaired) electrons. The van der Waals surface area contributed by atoms with Crippen molar-refractivity contribution < 1.29 is 18.7 Å². The van der Waals surface area contributed by atoms with Gasteiger partial charge in [0, 0.05) is 0 Å². The Morgan fingerprint density at radius 2 is 2.12 bits per heavy atom. The van der Waals surface area contributed by atoms with Crippen molar-refractivity contribution in [2.45, 2.75) is 20.8 Å². The molecule has 8 nitrogen and oxygen atoms in total. The minimum atomic E-state index is -0.745. The highest BCUT2D eigenvalue weighted by molar-refractivity contribution is 6.31. The standard InChI is InChI=1S/C14H15ClFN5O3/c1-14(2,3)13(22)23-21-12(10-11(17)20-24-19-10)18-7-4-5-9(16)8(15)6-7/h4-6H,1-3H3,(H2,17,20)(H,18,21). The normalized spacial score (nSPS) is 12.1. The molecule has 3 N–H and O–H groups in total. The number of hydrogen-bond acceptors (Lipinski definition) is 7. The van der Waals surface area contributed by atoms with Crippen LogP contribution < -0.4 is 11.2 Å². The fourth-order valence-corrected chi connectivity index (χ4v) is 1.59. The van der Waals surface area contributed by atoms with Crippen LogP contribution >= 0.6 is 11.6 Å². The lowest BCUT2D eigenvalue weighted by molar-refractivity contribution is -0.157. The van der Waals surface area contributed by atoms with Gasteiger partial charge < -0.3 is 10.6 Å². The van der Waals surface area contributed by atoms with Crippen LogP contribution in [0.3, 0.4) is 0 Å². The molecule has 0 fully saturated rings. The molecule has 0 saturated carbocycles. The Bertz CT molecular complexity index is 785. The van der Waals surface area contributed by atoms with Gasteiger partial charge in [-0.15, -0.1) is 0 Å². The smallest absolute Gasteiger partial charge is 0.337 e. The number of nitrogens with zero attached hydrogens (tertiary/aromatic N) is 3. The first-order chi connectivity index (χ1) is 11.2. The number of nitrogens with one attached hydrogen (secondary N) is 1. The maximum absolute atomic E-state index is 13.2. The second kappa shape index (κ2) is 6.83. The Kier molecular flexibility index (Phi) is 5.03. The van der Waals surface area contributed by atoms with Gasteiger partial charge in [-0.3, -0.25) is 0 Å². The number of benzene rings is 1. The van der Waals surface area contributed by atoms with Crippen molar-refractivity contribution in [3.63, 3.8) is 0 Å². The summed E-state index contributed by atoms with van der Waals surface area (Å²) < 4.78 is 17.7. The zero-order valence-corrected chi connectivity index (χ0v) is 13.9. The first-order valence-electron chi connectivity index (χ1n) is 6.78. The van der Waals surface area contributed by atoms with Gasteiger partial charge in [0.05, 0.1) is 16.1 Å². The summed E-state index contributed by atoms with van der Waals surface area (Å²) in [5.74, 6) is -1.25. The van der Waals surface area contributed by atoms with E-state index in [0.717, 1.165) is 6.07 Å². The van der Waals surface area contributed by atoms with E-state index in [2.05, 4.69) is 25.4 Å². The number of anilines is 1. The number of rotatable bonds is 2. The Balaban J connectivity index is 2.33. The molecule has 2 rings (SSSR count). The van der Waals surface area contributed by atoms with E-state index in [1.165, 1.54) is 12.1 Å². The second-order valence-electron chi connectivity index (χ2n) is 5.80. The number of hydrogen-bond donors (Lipinski definition) is 2. The Hall–Kier alpha value is -2.68. The van der Waals surface area contributed by atoms with Gasteiger partial charge in [-0.2, -0.15) is 5.48 Å². The van der Waals surface area contributed by atoms with Crippen LogP contribution in [0.25, 0.3) is 0 Å². The molecule has 0 bridgehead atoms. The molecule has 1 heterocycles. The van der Waals surface area contributed by atoms with E-state index in [9.17, 15) is 9.18 Å². The van der Waals surface area contributed by atoms with Crippen molar-refractivity contribution in [1.82, 2.24) is 15.8 Å². The third kappa shape index (κ3) is 4.19. The molecular formula is C14H15ClFN5O3. The topological polar surface area (TPSA) is 116 Å². The van der Waals surface area contributed by atoms with Crippen LogP contribution in [0.2, 0.25) is 5.02 Å². The number of halogens is 2. The predicted octanol–water partition coefficient (Wildman–Crippen LogP) is 2.62. The van der Waals surface area contributed by atoms with Crippen LogP contribution in [0.4, 0.5) is 15.9 Å². The summed E-state index contributed by atoms with van der Waals surface area (Å²) in [5, 5.41) is 6.90. The van der Waals surface area contributed by atoms with Gasteiger partial charge >= 0.3 is 5.97 Å². The average molecular weight is 356 g/mol. The van der Waals surface area contributed by atoms with Gasteiger partial charge in [-0.1, -0.05) is 11.6 Å². The molecule has 1 aromatic heterocycles. The molecule has 0 aliphatic heterocycles. The third-order valence-electron chi connectivity index (χ3n) is 2.74. The SMILES string of the molecule is CC(C)(C)C(=O)ONC(=Nc1ccc(F)c(Cl)c1)c1nonc1N. The summed E-state index contributed by atoms with van der Waals surface area (Å²) in [7, 11) is 0. The van der Waals surface area contributed by atoms with Gasteiger partial charge in [0.15, 0.2) is 17.3 Å². The summed E-state index contributed by atoms with van der Waals surface area (Å²) in [6.45, 7) is 5.04. The van der Waals surface area contributed by atoms with Crippen LogP contribution in [0.5, 0.6) is 0 Å². The molecule has 0 unspecified atom stereocenters. The lowest BCUT2D eigenvalue weighted by Gasteiger charge is -2.16. The highest BCUT2D eigenvalue weighted by Crippen LogP contribution is 2.22. The van der Waals surface area contributed by atoms with Crippen molar-refractivity contribution in [3.05, 3.63) is 34.7 Å². The zero-order chi connectivity index (χ0) is 17.9. The molecule has 128 valence electrons. The number of aromatic nitrogens is 2. The largest absolute Gasteiger partial charge is 0.379 e. The third-order valence-corrected chi connectivity index (χ3v) is 3.02. The summed E-state index contributed by atoms with van der Waals surface area (Å²) in [6, 6.07) is 3.80. The molecular weight excluding hydrogens is 341 g/mol. The molecule has 0 saturated heterocycles. The maximum Gasteiger partial charge on any atom is 0.337 e. The van der Waals surface area contributed by atoms with Gasteiger partial charge in [0.25, 0.3) is 0 Å². The van der Waals surface area contributed by atoms with Crippen molar-refractivity contribution in [3.8, 4) is 0 Å². The van der Waals surface area contributed by atoms with Crippen molar-refractivity contribution >= 4 is 34.9 Å². The highest BCUT2D eigenvalue weighted by Gasteiger charge is 2.25. The minimum Gasteiger partial charge on any atom is -0.379 e. The van der Waals surface area contributed by atoms with Gasteiger partial charge in [-0.25, -0.2) is 18.8 Å². The monoisotopic (exact) mass is 355 g/mol. The Labute approximate surface area is 141 Å². The maximum atomic E-state index is 13.2. The van der Waals surface area contributed by atoms with E-state index in [0.29, 0.717) is 0 Å². The molecule has 1 aromatic carbocycles. The fraction of sp³-hybridized carbons (Fsp3) is 0.286. The van der Waals surface area contributed by atoms with Gasteiger partial charge in [0.2, 0.25) is 0 Å². The quantitative estimate of drug-likeness (QED) is 0.483. The van der Waals surface area contributed by atoms with Crippen molar-refractivity contribution in [2.24, 2.45) is 10.4 Å². The van der Waals surface area contributed by atoms with E-state index >= 15 is 0 Å². The van der Waals surface area contributed by atoms with Crippen molar-refractivity contribution in [2.75, 3.05) is 5.73 Å². The molecule has 0 amide bonds. The first-order valence-corrected chi connectivity index (χ1v) is 7.15. The summed E-state index contributed by atoms with van der Waals surface area (Å²) in [4.78, 5) is 21.0. The molecule has 2 aromatic rings. The number of amidine groups is 1. The molecule has 0 atom stereocenters. The van der Waals surface area contributed by atoms with Crippen LogP contribution in [-0.2, 0) is 9.63 Å². The molecule has 0 aliphatic rings. The van der Waals surface area contributed by atoms with E-state index in [1.807, 2.05) is 0 Å².